The van der Waals surface area contributed by atoms with Gasteiger partial charge in [-0.25, -0.2) is 5.43 Å². The van der Waals surface area contributed by atoms with Crippen molar-refractivity contribution in [3.63, 3.8) is 0 Å². The number of nitrogens with zero attached hydrogens (tertiary/aromatic N) is 1. The topological polar surface area (TPSA) is 61.7 Å². The van der Waals surface area contributed by atoms with E-state index in [-0.39, 0.29) is 16.7 Å². The molecule has 0 radical (unpaired) electrons. The summed E-state index contributed by atoms with van der Waals surface area (Å²) in [5.41, 5.74) is 3.28. The van der Waals surface area contributed by atoms with Gasteiger partial charge in [-0.3, -0.25) is 4.79 Å². The lowest BCUT2D eigenvalue weighted by Crippen LogP contribution is -2.17. The molecule has 2 N–H and O–H groups in total. The van der Waals surface area contributed by atoms with Crippen LogP contribution in [0.5, 0.6) is 5.75 Å². The Hall–Kier alpha value is -1.85. The molecule has 0 heterocycles. The number of hydrazone groups is 1. The first-order chi connectivity index (χ1) is 9.58. The van der Waals surface area contributed by atoms with Crippen molar-refractivity contribution in [2.75, 3.05) is 0 Å². The third kappa shape index (κ3) is 3.59. The van der Waals surface area contributed by atoms with Crippen molar-refractivity contribution in [1.82, 2.24) is 5.43 Å². The van der Waals surface area contributed by atoms with Gasteiger partial charge >= 0.3 is 0 Å². The van der Waals surface area contributed by atoms with E-state index in [1.807, 2.05) is 6.07 Å². The van der Waals surface area contributed by atoms with Gasteiger partial charge in [0.1, 0.15) is 5.75 Å². The average molecular weight is 354 g/mol. The predicted octanol–water partition coefficient (Wildman–Crippen LogP) is 3.57. The van der Waals surface area contributed by atoms with Gasteiger partial charge in [-0.2, -0.15) is 5.10 Å². The molecule has 0 atom stereocenters. The van der Waals surface area contributed by atoms with E-state index in [1.165, 1.54) is 6.21 Å². The molecule has 0 aromatic heterocycles. The fourth-order valence-electron chi connectivity index (χ4n) is 1.50. The molecule has 2 aromatic carbocycles. The van der Waals surface area contributed by atoms with Gasteiger partial charge in [0.05, 0.1) is 11.2 Å². The zero-order chi connectivity index (χ0) is 14.5. The second-order valence-electron chi connectivity index (χ2n) is 3.89. The Morgan fingerprint density at radius 3 is 2.70 bits per heavy atom. The van der Waals surface area contributed by atoms with E-state index in [0.717, 1.165) is 0 Å². The van der Waals surface area contributed by atoms with Crippen LogP contribution in [0.15, 0.2) is 52.0 Å². The van der Waals surface area contributed by atoms with Gasteiger partial charge in [0.15, 0.2) is 0 Å². The van der Waals surface area contributed by atoms with Crippen LogP contribution in [0, 0.1) is 0 Å². The van der Waals surface area contributed by atoms with Crippen LogP contribution in [0.2, 0.25) is 5.02 Å². The molecule has 0 aliphatic rings. The van der Waals surface area contributed by atoms with Gasteiger partial charge in [0, 0.05) is 15.6 Å². The monoisotopic (exact) mass is 352 g/mol. The first-order valence-electron chi connectivity index (χ1n) is 5.64. The molecule has 102 valence electrons. The van der Waals surface area contributed by atoms with Gasteiger partial charge in [0.25, 0.3) is 5.91 Å². The molecule has 0 fully saturated rings. The number of amides is 1. The van der Waals surface area contributed by atoms with Gasteiger partial charge in [-0.05, 0) is 24.3 Å². The maximum atomic E-state index is 11.7. The molecular weight excluding hydrogens is 344 g/mol. The highest BCUT2D eigenvalue weighted by molar-refractivity contribution is 9.10. The maximum absolute atomic E-state index is 11.7. The minimum Gasteiger partial charge on any atom is -0.506 e. The molecule has 0 aliphatic carbocycles. The second kappa shape index (κ2) is 6.54. The highest BCUT2D eigenvalue weighted by Gasteiger charge is 2.06. The molecule has 0 bridgehead atoms. The molecular formula is C14H10BrClN2O2. The fraction of sp³-hybridized carbons (Fsp3) is 0. The van der Waals surface area contributed by atoms with Crippen molar-refractivity contribution in [3.05, 3.63) is 63.1 Å². The summed E-state index contributed by atoms with van der Waals surface area (Å²) in [6, 6.07) is 11.9. The van der Waals surface area contributed by atoms with Crippen molar-refractivity contribution >= 4 is 39.7 Å². The zero-order valence-electron chi connectivity index (χ0n) is 10.2. The smallest absolute Gasteiger partial charge is 0.271 e. The van der Waals surface area contributed by atoms with Crippen molar-refractivity contribution in [2.24, 2.45) is 5.10 Å². The summed E-state index contributed by atoms with van der Waals surface area (Å²) in [6.45, 7) is 0. The lowest BCUT2D eigenvalue weighted by Gasteiger charge is -2.03. The van der Waals surface area contributed by atoms with Crippen LogP contribution >= 0.6 is 27.5 Å². The molecule has 2 aromatic rings. The molecule has 2 rings (SSSR count). The van der Waals surface area contributed by atoms with E-state index < -0.39 is 0 Å². The summed E-state index contributed by atoms with van der Waals surface area (Å²) < 4.78 is 0.705. The van der Waals surface area contributed by atoms with Crippen LogP contribution in [0.4, 0.5) is 0 Å². The molecule has 0 spiro atoms. The molecule has 0 aliphatic heterocycles. The lowest BCUT2D eigenvalue weighted by molar-refractivity contribution is 0.0955. The number of carbonyl (C=O) groups is 1. The zero-order valence-corrected chi connectivity index (χ0v) is 12.5. The number of nitrogens with one attached hydrogen (secondary N) is 1. The number of aromatic hydroxyl groups is 1. The fourth-order valence-corrected chi connectivity index (χ4v) is 2.33. The van der Waals surface area contributed by atoms with E-state index in [4.69, 9.17) is 11.6 Å². The molecule has 0 saturated carbocycles. The first-order valence-corrected chi connectivity index (χ1v) is 6.81. The number of benzene rings is 2. The molecule has 0 unspecified atom stereocenters. The normalized spacial score (nSPS) is 10.7. The maximum Gasteiger partial charge on any atom is 0.271 e. The summed E-state index contributed by atoms with van der Waals surface area (Å²) in [7, 11) is 0. The van der Waals surface area contributed by atoms with Crippen molar-refractivity contribution in [2.45, 2.75) is 0 Å². The standard InChI is InChI=1S/C14H10BrClN2O2/c15-11-6-10(13(19)12(16)7-11)8-17-18-14(20)9-4-2-1-3-5-9/h1-8,19H,(H,18,20)/b17-8+. The van der Waals surface area contributed by atoms with Crippen LogP contribution in [0.3, 0.4) is 0 Å². The van der Waals surface area contributed by atoms with Gasteiger partial charge < -0.3 is 5.11 Å². The van der Waals surface area contributed by atoms with Gasteiger partial charge in [-0.15, -0.1) is 0 Å². The Morgan fingerprint density at radius 1 is 1.30 bits per heavy atom. The Bertz CT molecular complexity index is 660. The molecule has 6 heteroatoms. The Labute approximate surface area is 129 Å². The highest BCUT2D eigenvalue weighted by Crippen LogP contribution is 2.30. The van der Waals surface area contributed by atoms with E-state index in [2.05, 4.69) is 26.5 Å². The van der Waals surface area contributed by atoms with Crippen molar-refractivity contribution in [3.8, 4) is 5.75 Å². The van der Waals surface area contributed by atoms with Crippen LogP contribution < -0.4 is 5.43 Å². The van der Waals surface area contributed by atoms with Crippen LogP contribution in [-0.4, -0.2) is 17.2 Å². The summed E-state index contributed by atoms with van der Waals surface area (Å²) >= 11 is 9.09. The summed E-state index contributed by atoms with van der Waals surface area (Å²) in [5, 5.41) is 13.7. The number of halogens is 2. The third-order valence-corrected chi connectivity index (χ3v) is 3.21. The minimum absolute atomic E-state index is 0.0902. The summed E-state index contributed by atoms with van der Waals surface area (Å²) in [4.78, 5) is 11.7. The molecule has 0 saturated heterocycles. The van der Waals surface area contributed by atoms with E-state index >= 15 is 0 Å². The van der Waals surface area contributed by atoms with Crippen LogP contribution in [0.25, 0.3) is 0 Å². The second-order valence-corrected chi connectivity index (χ2v) is 5.21. The quantitative estimate of drug-likeness (QED) is 0.654. The van der Waals surface area contributed by atoms with E-state index in [0.29, 0.717) is 15.6 Å². The molecule has 20 heavy (non-hydrogen) atoms. The third-order valence-electron chi connectivity index (χ3n) is 2.46. The number of rotatable bonds is 3. The number of phenols is 1. The summed E-state index contributed by atoms with van der Waals surface area (Å²) in [5.74, 6) is -0.421. The average Bonchev–Trinajstić information content (AvgIpc) is 2.44. The summed E-state index contributed by atoms with van der Waals surface area (Å²) in [6.07, 6.45) is 1.33. The number of hydrogen-bond acceptors (Lipinski definition) is 3. The van der Waals surface area contributed by atoms with E-state index in [9.17, 15) is 9.90 Å². The Balaban J connectivity index is 2.10. The van der Waals surface area contributed by atoms with Crippen LogP contribution in [0.1, 0.15) is 15.9 Å². The first kappa shape index (κ1) is 14.6. The number of phenolic OH excluding ortho intramolecular Hbond substituents is 1. The minimum atomic E-state index is -0.331. The Morgan fingerprint density at radius 2 is 2.00 bits per heavy atom. The predicted molar refractivity (Wildman–Crippen MR) is 82.3 cm³/mol. The number of carbonyl (C=O) groups excluding carboxylic acids is 1. The molecule has 1 amide bonds. The van der Waals surface area contributed by atoms with Crippen molar-refractivity contribution in [1.29, 1.82) is 0 Å². The lowest BCUT2D eigenvalue weighted by atomic mass is 10.2. The molecule has 4 nitrogen and oxygen atoms in total. The number of hydrogen-bond donors (Lipinski definition) is 2. The largest absolute Gasteiger partial charge is 0.506 e. The van der Waals surface area contributed by atoms with Crippen molar-refractivity contribution < 1.29 is 9.90 Å². The van der Waals surface area contributed by atoms with Gasteiger partial charge in [-0.1, -0.05) is 45.7 Å². The van der Waals surface area contributed by atoms with Gasteiger partial charge in [0.2, 0.25) is 0 Å². The van der Waals surface area contributed by atoms with E-state index in [1.54, 1.807) is 36.4 Å². The van der Waals surface area contributed by atoms with Crippen LogP contribution in [-0.2, 0) is 0 Å². The Kier molecular flexibility index (Phi) is 4.76. The SMILES string of the molecule is O=C(N/N=C/c1cc(Br)cc(Cl)c1O)c1ccccc1. The highest BCUT2D eigenvalue weighted by atomic mass is 79.9.